The topological polar surface area (TPSA) is 63.3 Å². The fraction of sp³-hybridized carbons (Fsp3) is 0.250. The Morgan fingerprint density at radius 2 is 2.06 bits per heavy atom. The predicted molar refractivity (Wildman–Crippen MR) is 58.2 cm³/mol. The van der Waals surface area contributed by atoms with Crippen LogP contribution in [0, 0.1) is 18.2 Å². The summed E-state index contributed by atoms with van der Waals surface area (Å²) in [5.41, 5.74) is 6.33. The van der Waals surface area contributed by atoms with E-state index in [-0.39, 0.29) is 12.2 Å². The highest BCUT2D eigenvalue weighted by molar-refractivity contribution is 5.67. The molecule has 2 atom stereocenters. The lowest BCUT2D eigenvalue weighted by molar-refractivity contribution is -0.137. The van der Waals surface area contributed by atoms with E-state index in [1.54, 1.807) is 0 Å². The molecule has 0 fully saturated rings. The smallest absolute Gasteiger partial charge is 0.304 e. The van der Waals surface area contributed by atoms with E-state index in [0.717, 1.165) is 0 Å². The summed E-state index contributed by atoms with van der Waals surface area (Å²) in [6.07, 6.45) is 5.09. The Morgan fingerprint density at radius 3 is 2.50 bits per heavy atom. The van der Waals surface area contributed by atoms with Crippen molar-refractivity contribution >= 4 is 5.97 Å². The molecule has 1 aromatic carbocycles. The van der Waals surface area contributed by atoms with Crippen molar-refractivity contribution in [3.05, 3.63) is 35.6 Å². The van der Waals surface area contributed by atoms with Crippen LogP contribution in [0.15, 0.2) is 24.3 Å². The SMILES string of the molecule is C#C[C@@H](c1ccc(F)cc1)[C@H](N)CC(=O)O. The summed E-state index contributed by atoms with van der Waals surface area (Å²) in [6, 6.07) is 4.90. The van der Waals surface area contributed by atoms with Crippen LogP contribution in [0.1, 0.15) is 17.9 Å². The van der Waals surface area contributed by atoms with Gasteiger partial charge in [-0.15, -0.1) is 6.42 Å². The molecule has 0 heterocycles. The number of nitrogens with two attached hydrogens (primary N) is 1. The van der Waals surface area contributed by atoms with E-state index in [0.29, 0.717) is 5.56 Å². The van der Waals surface area contributed by atoms with E-state index in [4.69, 9.17) is 17.3 Å². The molecule has 3 nitrogen and oxygen atoms in total. The van der Waals surface area contributed by atoms with Gasteiger partial charge in [-0.2, -0.15) is 0 Å². The minimum atomic E-state index is -1.00. The third-order valence-electron chi connectivity index (χ3n) is 2.25. The van der Waals surface area contributed by atoms with E-state index in [2.05, 4.69) is 5.92 Å². The lowest BCUT2D eigenvalue weighted by Crippen LogP contribution is -2.30. The highest BCUT2D eigenvalue weighted by atomic mass is 19.1. The van der Waals surface area contributed by atoms with Crippen molar-refractivity contribution in [1.82, 2.24) is 0 Å². The van der Waals surface area contributed by atoms with Gasteiger partial charge in [-0.25, -0.2) is 4.39 Å². The van der Waals surface area contributed by atoms with Crippen molar-refractivity contribution in [3.63, 3.8) is 0 Å². The van der Waals surface area contributed by atoms with Gasteiger partial charge < -0.3 is 10.8 Å². The van der Waals surface area contributed by atoms with Crippen molar-refractivity contribution in [3.8, 4) is 12.3 Å². The summed E-state index contributed by atoms with van der Waals surface area (Å²) in [5, 5.41) is 8.61. The molecule has 0 unspecified atom stereocenters. The monoisotopic (exact) mass is 221 g/mol. The fourth-order valence-electron chi connectivity index (χ4n) is 1.46. The number of aliphatic carboxylic acids is 1. The molecule has 0 spiro atoms. The lowest BCUT2D eigenvalue weighted by Gasteiger charge is -2.17. The van der Waals surface area contributed by atoms with E-state index >= 15 is 0 Å². The standard InChI is InChI=1S/C12H12FNO2/c1-2-10(11(14)7-12(15)16)8-3-5-9(13)6-4-8/h1,3-6,10-11H,7,14H2,(H,15,16)/t10-,11+/m0/s1. The molecule has 1 aromatic rings. The first-order valence-corrected chi connectivity index (χ1v) is 4.73. The predicted octanol–water partition coefficient (Wildman–Crippen LogP) is 1.34. The number of carboxylic acids is 1. The maximum Gasteiger partial charge on any atom is 0.304 e. The van der Waals surface area contributed by atoms with Crippen LogP contribution < -0.4 is 5.73 Å². The molecule has 0 aromatic heterocycles. The second-order valence-corrected chi connectivity index (χ2v) is 3.46. The number of carboxylic acid groups (broad SMARTS) is 1. The first kappa shape index (κ1) is 12.2. The molecular formula is C12H12FNO2. The average Bonchev–Trinajstić information content (AvgIpc) is 2.21. The molecule has 1 rings (SSSR count). The molecule has 16 heavy (non-hydrogen) atoms. The third-order valence-corrected chi connectivity index (χ3v) is 2.25. The Hall–Kier alpha value is -1.86. The van der Waals surface area contributed by atoms with Crippen molar-refractivity contribution in [2.24, 2.45) is 5.73 Å². The van der Waals surface area contributed by atoms with Crippen LogP contribution in [-0.2, 0) is 4.79 Å². The minimum absolute atomic E-state index is 0.216. The molecule has 0 aliphatic carbocycles. The maximum atomic E-state index is 12.7. The van der Waals surface area contributed by atoms with Crippen molar-refractivity contribution in [1.29, 1.82) is 0 Å². The zero-order chi connectivity index (χ0) is 12.1. The van der Waals surface area contributed by atoms with Crippen LogP contribution in [0.5, 0.6) is 0 Å². The molecule has 0 bridgehead atoms. The molecular weight excluding hydrogens is 209 g/mol. The van der Waals surface area contributed by atoms with Gasteiger partial charge in [0, 0.05) is 6.04 Å². The van der Waals surface area contributed by atoms with Crippen LogP contribution in [0.4, 0.5) is 4.39 Å². The molecule has 0 aliphatic heterocycles. The molecule has 0 saturated carbocycles. The Bertz CT molecular complexity index is 408. The third kappa shape index (κ3) is 3.07. The van der Waals surface area contributed by atoms with Crippen LogP contribution in [-0.4, -0.2) is 17.1 Å². The molecule has 4 heteroatoms. The number of benzene rings is 1. The zero-order valence-electron chi connectivity index (χ0n) is 8.56. The van der Waals surface area contributed by atoms with Gasteiger partial charge in [0.25, 0.3) is 0 Å². The van der Waals surface area contributed by atoms with Gasteiger partial charge in [-0.3, -0.25) is 4.79 Å². The number of carbonyl (C=O) groups is 1. The number of rotatable bonds is 4. The number of terminal acetylenes is 1. The van der Waals surface area contributed by atoms with Crippen LogP contribution in [0.3, 0.4) is 0 Å². The largest absolute Gasteiger partial charge is 0.481 e. The highest BCUT2D eigenvalue weighted by Crippen LogP contribution is 2.20. The van der Waals surface area contributed by atoms with Crippen molar-refractivity contribution < 1.29 is 14.3 Å². The van der Waals surface area contributed by atoms with Crippen LogP contribution >= 0.6 is 0 Å². The number of hydrogen-bond acceptors (Lipinski definition) is 2. The van der Waals surface area contributed by atoms with E-state index in [1.165, 1.54) is 24.3 Å². The minimum Gasteiger partial charge on any atom is -0.481 e. The quantitative estimate of drug-likeness (QED) is 0.754. The number of hydrogen-bond donors (Lipinski definition) is 2. The summed E-state index contributed by atoms with van der Waals surface area (Å²) in [5.74, 6) is 0.541. The van der Waals surface area contributed by atoms with Crippen LogP contribution in [0.2, 0.25) is 0 Å². The van der Waals surface area contributed by atoms with Gasteiger partial charge in [0.2, 0.25) is 0 Å². The van der Waals surface area contributed by atoms with E-state index in [9.17, 15) is 9.18 Å². The molecule has 84 valence electrons. The Labute approximate surface area is 93.1 Å². The van der Waals surface area contributed by atoms with E-state index < -0.39 is 17.9 Å². The molecule has 0 saturated heterocycles. The molecule has 0 radical (unpaired) electrons. The first-order valence-electron chi connectivity index (χ1n) is 4.73. The second kappa shape index (κ2) is 5.29. The fourth-order valence-corrected chi connectivity index (χ4v) is 1.46. The zero-order valence-corrected chi connectivity index (χ0v) is 8.56. The van der Waals surface area contributed by atoms with Gasteiger partial charge in [-0.05, 0) is 17.7 Å². The Kier molecular flexibility index (Phi) is 4.03. The second-order valence-electron chi connectivity index (χ2n) is 3.46. The van der Waals surface area contributed by atoms with Crippen molar-refractivity contribution in [2.75, 3.05) is 0 Å². The van der Waals surface area contributed by atoms with Crippen LogP contribution in [0.25, 0.3) is 0 Å². The highest BCUT2D eigenvalue weighted by Gasteiger charge is 2.20. The Morgan fingerprint density at radius 1 is 1.50 bits per heavy atom. The maximum absolute atomic E-state index is 12.7. The number of halogens is 1. The van der Waals surface area contributed by atoms with Crippen molar-refractivity contribution in [2.45, 2.75) is 18.4 Å². The van der Waals surface area contributed by atoms with Gasteiger partial charge in [0.1, 0.15) is 5.82 Å². The molecule has 0 amide bonds. The summed E-state index contributed by atoms with van der Waals surface area (Å²) in [7, 11) is 0. The first-order chi connectivity index (χ1) is 7.54. The lowest BCUT2D eigenvalue weighted by atomic mass is 9.91. The molecule has 0 aliphatic rings. The van der Waals surface area contributed by atoms with Gasteiger partial charge in [-0.1, -0.05) is 18.1 Å². The summed E-state index contributed by atoms with van der Waals surface area (Å²) >= 11 is 0. The summed E-state index contributed by atoms with van der Waals surface area (Å²) < 4.78 is 12.7. The average molecular weight is 221 g/mol. The van der Waals surface area contributed by atoms with Gasteiger partial charge in [0.15, 0.2) is 0 Å². The Balaban J connectivity index is 2.86. The van der Waals surface area contributed by atoms with E-state index in [1.807, 2.05) is 0 Å². The molecule has 3 N–H and O–H groups in total. The summed E-state index contributed by atoms with van der Waals surface area (Å²) in [4.78, 5) is 10.5. The summed E-state index contributed by atoms with van der Waals surface area (Å²) in [6.45, 7) is 0. The normalized spacial score (nSPS) is 13.8. The van der Waals surface area contributed by atoms with Gasteiger partial charge in [0.05, 0.1) is 12.3 Å². The van der Waals surface area contributed by atoms with Gasteiger partial charge >= 0.3 is 5.97 Å².